The maximum absolute atomic E-state index is 11.5. The highest BCUT2D eigenvalue weighted by Gasteiger charge is 2.26. The Morgan fingerprint density at radius 1 is 1.38 bits per heavy atom. The number of rotatable bonds is 3. The zero-order chi connectivity index (χ0) is 11.4. The zero-order valence-corrected chi connectivity index (χ0v) is 10.2. The van der Waals surface area contributed by atoms with Crippen molar-refractivity contribution in [3.8, 4) is 0 Å². The van der Waals surface area contributed by atoms with Crippen molar-refractivity contribution in [2.45, 2.75) is 31.7 Å². The highest BCUT2D eigenvalue weighted by atomic mass is 16.1. The van der Waals surface area contributed by atoms with Gasteiger partial charge in [-0.05, 0) is 45.3 Å². The van der Waals surface area contributed by atoms with E-state index < -0.39 is 0 Å². The van der Waals surface area contributed by atoms with Gasteiger partial charge < -0.3 is 15.5 Å². The van der Waals surface area contributed by atoms with Crippen LogP contribution in [0.5, 0.6) is 0 Å². The molecule has 2 heterocycles. The van der Waals surface area contributed by atoms with Crippen molar-refractivity contribution in [2.75, 3.05) is 33.2 Å². The lowest BCUT2D eigenvalue weighted by Crippen LogP contribution is -2.44. The second-order valence-corrected chi connectivity index (χ2v) is 4.98. The number of piperidine rings is 1. The van der Waals surface area contributed by atoms with Gasteiger partial charge in [0.15, 0.2) is 0 Å². The third kappa shape index (κ3) is 2.95. The van der Waals surface area contributed by atoms with E-state index in [0.717, 1.165) is 25.9 Å². The van der Waals surface area contributed by atoms with Gasteiger partial charge in [0.05, 0.1) is 0 Å². The molecule has 2 aliphatic rings. The van der Waals surface area contributed by atoms with Gasteiger partial charge in [-0.1, -0.05) is 0 Å². The largest absolute Gasteiger partial charge is 0.359 e. The van der Waals surface area contributed by atoms with Gasteiger partial charge in [0, 0.05) is 25.6 Å². The van der Waals surface area contributed by atoms with Crippen molar-refractivity contribution < 1.29 is 4.79 Å². The van der Waals surface area contributed by atoms with Crippen LogP contribution >= 0.6 is 0 Å². The molecular weight excluding hydrogens is 202 g/mol. The number of hydrogen-bond donors (Lipinski definition) is 2. The van der Waals surface area contributed by atoms with Crippen LogP contribution in [0, 0.1) is 5.92 Å². The van der Waals surface area contributed by atoms with E-state index in [1.807, 2.05) is 0 Å². The summed E-state index contributed by atoms with van der Waals surface area (Å²) in [6, 6.07) is 0.691. The fourth-order valence-corrected chi connectivity index (χ4v) is 2.81. The van der Waals surface area contributed by atoms with E-state index in [2.05, 4.69) is 15.5 Å². The van der Waals surface area contributed by atoms with Crippen LogP contribution in [-0.4, -0.2) is 50.1 Å². The first-order valence-electron chi connectivity index (χ1n) is 6.47. The predicted octanol–water partition coefficient (Wildman–Crippen LogP) is 0.196. The lowest BCUT2D eigenvalue weighted by Gasteiger charge is -2.32. The Morgan fingerprint density at radius 2 is 2.12 bits per heavy atom. The van der Waals surface area contributed by atoms with Gasteiger partial charge in [-0.2, -0.15) is 0 Å². The Balaban J connectivity index is 1.70. The fraction of sp³-hybridized carbons (Fsp3) is 0.917. The minimum Gasteiger partial charge on any atom is -0.359 e. The first-order valence-corrected chi connectivity index (χ1v) is 6.47. The number of hydrogen-bond acceptors (Lipinski definition) is 3. The van der Waals surface area contributed by atoms with Crippen LogP contribution in [-0.2, 0) is 4.79 Å². The molecule has 1 atom stereocenters. The van der Waals surface area contributed by atoms with Gasteiger partial charge in [0.1, 0.15) is 0 Å². The maximum Gasteiger partial charge on any atom is 0.222 e. The van der Waals surface area contributed by atoms with Gasteiger partial charge >= 0.3 is 0 Å². The average molecular weight is 225 g/mol. The summed E-state index contributed by atoms with van der Waals surface area (Å²) >= 11 is 0. The molecule has 1 amide bonds. The van der Waals surface area contributed by atoms with E-state index in [4.69, 9.17) is 0 Å². The number of likely N-dealkylation sites (tertiary alicyclic amines) is 1. The molecule has 0 bridgehead atoms. The van der Waals surface area contributed by atoms with Gasteiger partial charge in [0.25, 0.3) is 0 Å². The standard InChI is InChI=1S/C12H23N3O/c1-13-12(16)10-4-7-15(8-5-10)9-11-3-2-6-14-11/h10-11,14H,2-9H2,1H3,(H,13,16)/t11-/m0/s1. The van der Waals surface area contributed by atoms with Crippen LogP contribution in [0.1, 0.15) is 25.7 Å². The lowest BCUT2D eigenvalue weighted by atomic mass is 9.95. The molecule has 92 valence electrons. The van der Waals surface area contributed by atoms with Gasteiger partial charge in [-0.25, -0.2) is 0 Å². The Hall–Kier alpha value is -0.610. The Labute approximate surface area is 97.8 Å². The van der Waals surface area contributed by atoms with Gasteiger partial charge in [-0.15, -0.1) is 0 Å². The summed E-state index contributed by atoms with van der Waals surface area (Å²) in [7, 11) is 1.73. The first-order chi connectivity index (χ1) is 7.79. The summed E-state index contributed by atoms with van der Waals surface area (Å²) in [4.78, 5) is 14.0. The van der Waals surface area contributed by atoms with Crippen LogP contribution in [0.15, 0.2) is 0 Å². The normalized spacial score (nSPS) is 28.2. The summed E-state index contributed by atoms with van der Waals surface area (Å²) < 4.78 is 0. The molecule has 0 aromatic rings. The molecule has 2 fully saturated rings. The second-order valence-electron chi connectivity index (χ2n) is 4.98. The van der Waals surface area contributed by atoms with Crippen molar-refractivity contribution in [1.82, 2.24) is 15.5 Å². The third-order valence-electron chi connectivity index (χ3n) is 3.85. The van der Waals surface area contributed by atoms with Crippen molar-refractivity contribution in [2.24, 2.45) is 5.92 Å². The molecule has 0 aliphatic carbocycles. The van der Waals surface area contributed by atoms with E-state index in [9.17, 15) is 4.79 Å². The Kier molecular flexibility index (Phi) is 4.18. The highest BCUT2D eigenvalue weighted by molar-refractivity contribution is 5.78. The molecule has 4 heteroatoms. The SMILES string of the molecule is CNC(=O)C1CCN(C[C@@H]2CCCN2)CC1. The van der Waals surface area contributed by atoms with Crippen LogP contribution in [0.4, 0.5) is 0 Å². The summed E-state index contributed by atoms with van der Waals surface area (Å²) in [5.41, 5.74) is 0. The number of amides is 1. The molecule has 2 aliphatic heterocycles. The molecule has 0 aromatic carbocycles. The smallest absolute Gasteiger partial charge is 0.222 e. The minimum atomic E-state index is 0.221. The third-order valence-corrected chi connectivity index (χ3v) is 3.85. The summed E-state index contributed by atoms with van der Waals surface area (Å²) in [5, 5.41) is 6.28. The van der Waals surface area contributed by atoms with E-state index in [1.165, 1.54) is 25.9 Å². The molecule has 0 saturated carbocycles. The summed E-state index contributed by atoms with van der Waals surface area (Å²) in [6.45, 7) is 4.51. The molecule has 2 saturated heterocycles. The number of nitrogens with zero attached hydrogens (tertiary/aromatic N) is 1. The average Bonchev–Trinajstić information content (AvgIpc) is 2.82. The molecule has 2 N–H and O–H groups in total. The molecule has 0 radical (unpaired) electrons. The van der Waals surface area contributed by atoms with Crippen LogP contribution in [0.3, 0.4) is 0 Å². The van der Waals surface area contributed by atoms with Crippen LogP contribution in [0.2, 0.25) is 0 Å². The minimum absolute atomic E-state index is 0.221. The number of carbonyl (C=O) groups is 1. The molecular formula is C12H23N3O. The van der Waals surface area contributed by atoms with Crippen molar-refractivity contribution in [3.05, 3.63) is 0 Å². The molecule has 16 heavy (non-hydrogen) atoms. The highest BCUT2D eigenvalue weighted by Crippen LogP contribution is 2.18. The number of carbonyl (C=O) groups excluding carboxylic acids is 1. The summed E-state index contributed by atoms with van der Waals surface area (Å²) in [5.74, 6) is 0.469. The zero-order valence-electron chi connectivity index (χ0n) is 10.2. The van der Waals surface area contributed by atoms with Gasteiger partial charge in [0.2, 0.25) is 5.91 Å². The molecule has 0 aromatic heterocycles. The van der Waals surface area contributed by atoms with Crippen LogP contribution < -0.4 is 10.6 Å². The Bertz CT molecular complexity index is 230. The van der Waals surface area contributed by atoms with Crippen molar-refractivity contribution in [1.29, 1.82) is 0 Å². The second kappa shape index (κ2) is 5.64. The molecule has 0 unspecified atom stereocenters. The van der Waals surface area contributed by atoms with E-state index >= 15 is 0 Å². The van der Waals surface area contributed by atoms with Crippen LogP contribution in [0.25, 0.3) is 0 Å². The van der Waals surface area contributed by atoms with E-state index in [0.29, 0.717) is 6.04 Å². The topological polar surface area (TPSA) is 44.4 Å². The van der Waals surface area contributed by atoms with Crippen molar-refractivity contribution in [3.63, 3.8) is 0 Å². The lowest BCUT2D eigenvalue weighted by molar-refractivity contribution is -0.125. The maximum atomic E-state index is 11.5. The Morgan fingerprint density at radius 3 is 2.69 bits per heavy atom. The monoisotopic (exact) mass is 225 g/mol. The van der Waals surface area contributed by atoms with Crippen molar-refractivity contribution >= 4 is 5.91 Å². The van der Waals surface area contributed by atoms with E-state index in [1.54, 1.807) is 7.05 Å². The first kappa shape index (κ1) is 11.9. The predicted molar refractivity (Wildman–Crippen MR) is 64.3 cm³/mol. The molecule has 4 nitrogen and oxygen atoms in total. The fourth-order valence-electron chi connectivity index (χ4n) is 2.81. The molecule has 0 spiro atoms. The van der Waals surface area contributed by atoms with Gasteiger partial charge in [-0.3, -0.25) is 4.79 Å². The summed E-state index contributed by atoms with van der Waals surface area (Å²) in [6.07, 6.45) is 4.67. The number of nitrogens with one attached hydrogen (secondary N) is 2. The van der Waals surface area contributed by atoms with E-state index in [-0.39, 0.29) is 11.8 Å². The molecule has 2 rings (SSSR count). The quantitative estimate of drug-likeness (QED) is 0.721.